The number of methoxy groups -OCH3 is 1. The van der Waals surface area contributed by atoms with Crippen molar-refractivity contribution < 1.29 is 28.6 Å². The number of rotatable bonds is 6. The van der Waals surface area contributed by atoms with E-state index in [2.05, 4.69) is 5.32 Å². The summed E-state index contributed by atoms with van der Waals surface area (Å²) in [5, 5.41) is 2.39. The van der Waals surface area contributed by atoms with Crippen LogP contribution in [-0.2, 0) is 23.9 Å². The van der Waals surface area contributed by atoms with Crippen LogP contribution in [0.5, 0.6) is 5.75 Å². The predicted molar refractivity (Wildman–Crippen MR) is 79.6 cm³/mol. The van der Waals surface area contributed by atoms with Crippen molar-refractivity contribution in [2.75, 3.05) is 20.3 Å². The number of cyclic esters (lactones) is 1. The molecule has 2 unspecified atom stereocenters. The number of ether oxygens (including phenoxy) is 3. The van der Waals surface area contributed by atoms with Crippen LogP contribution in [0, 0.1) is 5.92 Å². The molecule has 1 aliphatic heterocycles. The first-order chi connectivity index (χ1) is 11.1. The molecule has 0 bridgehead atoms. The van der Waals surface area contributed by atoms with E-state index >= 15 is 0 Å². The van der Waals surface area contributed by atoms with Crippen LogP contribution in [0.3, 0.4) is 0 Å². The molecule has 1 aromatic carbocycles. The zero-order chi connectivity index (χ0) is 16.8. The molecule has 23 heavy (non-hydrogen) atoms. The van der Waals surface area contributed by atoms with Crippen molar-refractivity contribution in [3.05, 3.63) is 29.8 Å². The largest absolute Gasteiger partial charge is 0.496 e. The van der Waals surface area contributed by atoms with E-state index in [1.165, 1.54) is 7.11 Å². The molecule has 1 saturated heterocycles. The minimum atomic E-state index is -0.945. The van der Waals surface area contributed by atoms with Gasteiger partial charge in [-0.05, 0) is 13.0 Å². The van der Waals surface area contributed by atoms with Crippen molar-refractivity contribution in [2.24, 2.45) is 5.92 Å². The Morgan fingerprint density at radius 3 is 2.78 bits per heavy atom. The second-order valence-electron chi connectivity index (χ2n) is 4.98. The van der Waals surface area contributed by atoms with Gasteiger partial charge in [0.2, 0.25) is 5.91 Å². The summed E-state index contributed by atoms with van der Waals surface area (Å²) in [5.74, 6) is -2.05. The molecule has 0 saturated carbocycles. The van der Waals surface area contributed by atoms with Crippen molar-refractivity contribution >= 4 is 17.8 Å². The topological polar surface area (TPSA) is 90.9 Å². The second-order valence-corrected chi connectivity index (χ2v) is 4.98. The number of carbonyl (C=O) groups excluding carboxylic acids is 3. The van der Waals surface area contributed by atoms with E-state index in [1.54, 1.807) is 25.1 Å². The number of hydrogen-bond acceptors (Lipinski definition) is 6. The number of hydrogen-bond donors (Lipinski definition) is 1. The van der Waals surface area contributed by atoms with Gasteiger partial charge in [-0.1, -0.05) is 18.2 Å². The van der Waals surface area contributed by atoms with E-state index in [1.807, 2.05) is 6.07 Å². The number of esters is 2. The fourth-order valence-corrected chi connectivity index (χ4v) is 2.41. The van der Waals surface area contributed by atoms with Gasteiger partial charge in [-0.2, -0.15) is 0 Å². The normalized spacial score (nSPS) is 19.8. The van der Waals surface area contributed by atoms with Gasteiger partial charge in [0.15, 0.2) is 0 Å². The molecule has 1 aliphatic rings. The Bertz CT molecular complexity index is 600. The Hall–Kier alpha value is -2.57. The first-order valence-electron chi connectivity index (χ1n) is 7.33. The number of benzene rings is 1. The highest BCUT2D eigenvalue weighted by Crippen LogP contribution is 2.37. The molecular weight excluding hydrogens is 302 g/mol. The van der Waals surface area contributed by atoms with Crippen molar-refractivity contribution in [1.82, 2.24) is 5.32 Å². The summed E-state index contributed by atoms with van der Waals surface area (Å²) in [6, 6.07) is 7.16. The van der Waals surface area contributed by atoms with Crippen molar-refractivity contribution in [1.29, 1.82) is 0 Å². The molecule has 0 radical (unpaired) electrons. The fourth-order valence-electron chi connectivity index (χ4n) is 2.41. The molecule has 7 nitrogen and oxygen atoms in total. The quantitative estimate of drug-likeness (QED) is 0.620. The molecule has 1 N–H and O–H groups in total. The third-order valence-electron chi connectivity index (χ3n) is 3.51. The molecule has 1 aromatic rings. The molecule has 0 spiro atoms. The highest BCUT2D eigenvalue weighted by molar-refractivity contribution is 6.00. The fraction of sp³-hybridized carbons (Fsp3) is 0.438. The van der Waals surface area contributed by atoms with Gasteiger partial charge in [0.05, 0.1) is 13.7 Å². The van der Waals surface area contributed by atoms with Gasteiger partial charge in [0, 0.05) is 12.0 Å². The molecule has 2 atom stereocenters. The van der Waals surface area contributed by atoms with Crippen LogP contribution in [-0.4, -0.2) is 38.1 Å². The van der Waals surface area contributed by atoms with E-state index in [0.29, 0.717) is 11.3 Å². The van der Waals surface area contributed by atoms with Crippen molar-refractivity contribution in [3.63, 3.8) is 0 Å². The maximum Gasteiger partial charge on any atom is 0.325 e. The predicted octanol–water partition coefficient (Wildman–Crippen LogP) is 0.979. The molecule has 0 aliphatic carbocycles. The van der Waals surface area contributed by atoms with E-state index in [9.17, 15) is 14.4 Å². The number of amides is 1. The number of carbonyl (C=O) groups is 3. The number of para-hydroxylation sites is 1. The van der Waals surface area contributed by atoms with Gasteiger partial charge < -0.3 is 19.5 Å². The summed E-state index contributed by atoms with van der Waals surface area (Å²) in [4.78, 5) is 35.2. The maximum atomic E-state index is 12.0. The lowest BCUT2D eigenvalue weighted by atomic mass is 9.99. The third-order valence-corrected chi connectivity index (χ3v) is 3.51. The molecule has 1 fully saturated rings. The molecule has 7 heteroatoms. The van der Waals surface area contributed by atoms with Crippen LogP contribution >= 0.6 is 0 Å². The average molecular weight is 321 g/mol. The minimum absolute atomic E-state index is 0.202. The molecular formula is C16H19NO6. The summed E-state index contributed by atoms with van der Waals surface area (Å²) in [5.41, 5.74) is 0.712. The summed E-state index contributed by atoms with van der Waals surface area (Å²) >= 11 is 0. The Kier molecular flexibility index (Phi) is 5.56. The van der Waals surface area contributed by atoms with E-state index < -0.39 is 29.9 Å². The maximum absolute atomic E-state index is 12.0. The highest BCUT2D eigenvalue weighted by Gasteiger charge is 2.41. The van der Waals surface area contributed by atoms with Crippen molar-refractivity contribution in [3.8, 4) is 5.75 Å². The summed E-state index contributed by atoms with van der Waals surface area (Å²) in [7, 11) is 1.53. The number of nitrogens with one attached hydrogen (secondary N) is 1. The van der Waals surface area contributed by atoms with E-state index in [0.717, 1.165) is 0 Å². The van der Waals surface area contributed by atoms with Gasteiger partial charge in [-0.15, -0.1) is 0 Å². The first kappa shape index (κ1) is 16.8. The molecule has 1 amide bonds. The minimum Gasteiger partial charge on any atom is -0.496 e. The van der Waals surface area contributed by atoms with Crippen LogP contribution in [0.4, 0.5) is 0 Å². The Morgan fingerprint density at radius 2 is 2.09 bits per heavy atom. The van der Waals surface area contributed by atoms with Crippen LogP contribution in [0.15, 0.2) is 24.3 Å². The Labute approximate surface area is 133 Å². The Morgan fingerprint density at radius 1 is 1.35 bits per heavy atom. The monoisotopic (exact) mass is 321 g/mol. The smallest absolute Gasteiger partial charge is 0.325 e. The summed E-state index contributed by atoms with van der Waals surface area (Å²) < 4.78 is 15.2. The molecule has 2 rings (SSSR count). The van der Waals surface area contributed by atoms with E-state index in [4.69, 9.17) is 14.2 Å². The summed E-state index contributed by atoms with van der Waals surface area (Å²) in [6.45, 7) is 1.64. The SMILES string of the molecule is CCOC(=O)CNC(=O)C1CC(c2ccccc2OC)OC1=O. The Balaban J connectivity index is 1.99. The van der Waals surface area contributed by atoms with Gasteiger partial charge in [-0.3, -0.25) is 14.4 Å². The zero-order valence-electron chi connectivity index (χ0n) is 13.0. The van der Waals surface area contributed by atoms with E-state index in [-0.39, 0.29) is 19.6 Å². The standard InChI is InChI=1S/C16H19NO6/c1-3-22-14(18)9-17-15(19)11-8-13(23-16(11)20)10-6-4-5-7-12(10)21-2/h4-7,11,13H,3,8-9H2,1-2H3,(H,17,19). The van der Waals surface area contributed by atoms with Gasteiger partial charge in [0.1, 0.15) is 24.3 Å². The second kappa shape index (κ2) is 7.62. The lowest BCUT2D eigenvalue weighted by Gasteiger charge is -2.13. The van der Waals surface area contributed by atoms with Crippen LogP contribution in [0.1, 0.15) is 25.0 Å². The lowest BCUT2D eigenvalue weighted by molar-refractivity contribution is -0.149. The highest BCUT2D eigenvalue weighted by atomic mass is 16.6. The van der Waals surface area contributed by atoms with Crippen LogP contribution < -0.4 is 10.1 Å². The van der Waals surface area contributed by atoms with Crippen LogP contribution in [0.2, 0.25) is 0 Å². The van der Waals surface area contributed by atoms with Crippen LogP contribution in [0.25, 0.3) is 0 Å². The molecule has 0 aromatic heterocycles. The van der Waals surface area contributed by atoms with Crippen molar-refractivity contribution in [2.45, 2.75) is 19.4 Å². The molecule has 1 heterocycles. The summed E-state index contributed by atoms with van der Waals surface area (Å²) in [6.07, 6.45) is -0.342. The van der Waals surface area contributed by atoms with Gasteiger partial charge in [-0.25, -0.2) is 0 Å². The first-order valence-corrected chi connectivity index (χ1v) is 7.33. The molecule has 124 valence electrons. The van der Waals surface area contributed by atoms with Gasteiger partial charge in [0.25, 0.3) is 0 Å². The average Bonchev–Trinajstić information content (AvgIpc) is 2.94. The zero-order valence-corrected chi connectivity index (χ0v) is 13.0. The third kappa shape index (κ3) is 4.00. The van der Waals surface area contributed by atoms with Gasteiger partial charge >= 0.3 is 11.9 Å². The lowest BCUT2D eigenvalue weighted by Crippen LogP contribution is -2.37.